The molecule has 0 amide bonds. The molecule has 0 aromatic carbocycles. The fraction of sp³-hybridized carbons (Fsp3) is 1.00. The highest BCUT2D eigenvalue weighted by molar-refractivity contribution is 4.83. The van der Waals surface area contributed by atoms with Crippen molar-refractivity contribution in [2.45, 2.75) is 37.7 Å². The van der Waals surface area contributed by atoms with Gasteiger partial charge in [0.05, 0.1) is 12.2 Å². The molecule has 0 bridgehead atoms. The second-order valence-corrected chi connectivity index (χ2v) is 3.38. The van der Waals surface area contributed by atoms with Crippen molar-refractivity contribution in [3.8, 4) is 0 Å². The summed E-state index contributed by atoms with van der Waals surface area (Å²) in [7, 11) is 3.54. The second kappa shape index (κ2) is 4.07. The molecule has 2 heteroatoms. The van der Waals surface area contributed by atoms with Crippen molar-refractivity contribution in [2.24, 2.45) is 0 Å². The van der Waals surface area contributed by atoms with Crippen LogP contribution in [0.15, 0.2) is 0 Å². The highest BCUT2D eigenvalue weighted by Gasteiger charge is 2.31. The van der Waals surface area contributed by atoms with Crippen LogP contribution in [0.3, 0.4) is 0 Å². The molecule has 0 radical (unpaired) electrons. The molecule has 1 fully saturated rings. The number of hydrogen-bond acceptors (Lipinski definition) is 2. The third-order valence-corrected chi connectivity index (χ3v) is 2.61. The molecule has 1 aliphatic carbocycles. The topological polar surface area (TPSA) is 18.5 Å². The zero-order valence-electron chi connectivity index (χ0n) is 7.56. The molecule has 2 nitrogen and oxygen atoms in total. The van der Waals surface area contributed by atoms with Crippen LogP contribution < -0.4 is 0 Å². The predicted molar refractivity (Wildman–Crippen MR) is 44.7 cm³/mol. The summed E-state index contributed by atoms with van der Waals surface area (Å²) in [5.41, 5.74) is 0.0486. The summed E-state index contributed by atoms with van der Waals surface area (Å²) in [5.74, 6) is 0. The Kier molecular flexibility index (Phi) is 3.34. The summed E-state index contributed by atoms with van der Waals surface area (Å²) in [4.78, 5) is 0. The van der Waals surface area contributed by atoms with Crippen molar-refractivity contribution >= 4 is 0 Å². The molecule has 66 valence electrons. The van der Waals surface area contributed by atoms with Gasteiger partial charge in [-0.1, -0.05) is 19.3 Å². The van der Waals surface area contributed by atoms with Gasteiger partial charge in [-0.05, 0) is 12.8 Å². The van der Waals surface area contributed by atoms with Gasteiger partial charge in [0.25, 0.3) is 0 Å². The average molecular weight is 158 g/mol. The minimum atomic E-state index is 0.0486. The number of rotatable bonds is 3. The van der Waals surface area contributed by atoms with E-state index in [-0.39, 0.29) is 5.60 Å². The minimum Gasteiger partial charge on any atom is -0.382 e. The van der Waals surface area contributed by atoms with Gasteiger partial charge in [0, 0.05) is 14.2 Å². The Balaban J connectivity index is 2.42. The van der Waals surface area contributed by atoms with Gasteiger partial charge in [-0.3, -0.25) is 0 Å². The maximum Gasteiger partial charge on any atom is 0.0910 e. The van der Waals surface area contributed by atoms with E-state index >= 15 is 0 Å². The van der Waals surface area contributed by atoms with Crippen molar-refractivity contribution in [3.63, 3.8) is 0 Å². The molecule has 11 heavy (non-hydrogen) atoms. The molecule has 0 saturated heterocycles. The predicted octanol–water partition coefficient (Wildman–Crippen LogP) is 1.98. The zero-order valence-corrected chi connectivity index (χ0v) is 7.56. The van der Waals surface area contributed by atoms with Gasteiger partial charge in [0.1, 0.15) is 0 Å². The van der Waals surface area contributed by atoms with E-state index < -0.39 is 0 Å². The van der Waals surface area contributed by atoms with Crippen LogP contribution in [0, 0.1) is 0 Å². The van der Waals surface area contributed by atoms with Crippen LogP contribution in [0.1, 0.15) is 32.1 Å². The average Bonchev–Trinajstić information content (AvgIpc) is 2.07. The molecule has 0 atom stereocenters. The highest BCUT2D eigenvalue weighted by atomic mass is 16.5. The Bertz CT molecular complexity index is 101. The lowest BCUT2D eigenvalue weighted by Crippen LogP contribution is -2.38. The normalized spacial score (nSPS) is 23.5. The van der Waals surface area contributed by atoms with Crippen LogP contribution in [0.25, 0.3) is 0 Å². The molecule has 1 rings (SSSR count). The fourth-order valence-corrected chi connectivity index (χ4v) is 1.87. The van der Waals surface area contributed by atoms with Gasteiger partial charge in [-0.2, -0.15) is 0 Å². The first-order valence-corrected chi connectivity index (χ1v) is 4.37. The summed E-state index contributed by atoms with van der Waals surface area (Å²) in [6.45, 7) is 0.753. The molecule has 1 saturated carbocycles. The first-order valence-electron chi connectivity index (χ1n) is 4.37. The summed E-state index contributed by atoms with van der Waals surface area (Å²) in [6.07, 6.45) is 6.26. The van der Waals surface area contributed by atoms with Gasteiger partial charge in [-0.15, -0.1) is 0 Å². The molecule has 0 unspecified atom stereocenters. The Hall–Kier alpha value is -0.0800. The van der Waals surface area contributed by atoms with Crippen molar-refractivity contribution in [2.75, 3.05) is 20.8 Å². The Morgan fingerprint density at radius 1 is 1.09 bits per heavy atom. The summed E-state index contributed by atoms with van der Waals surface area (Å²) >= 11 is 0. The number of ether oxygens (including phenoxy) is 2. The van der Waals surface area contributed by atoms with E-state index in [4.69, 9.17) is 9.47 Å². The fourth-order valence-electron chi connectivity index (χ4n) is 1.87. The number of methoxy groups -OCH3 is 2. The maximum absolute atomic E-state index is 5.49. The molecule has 0 aliphatic heterocycles. The molecule has 0 N–H and O–H groups in total. The van der Waals surface area contributed by atoms with Crippen LogP contribution in [0.4, 0.5) is 0 Å². The Morgan fingerprint density at radius 2 is 1.73 bits per heavy atom. The van der Waals surface area contributed by atoms with Crippen molar-refractivity contribution in [1.82, 2.24) is 0 Å². The maximum atomic E-state index is 5.49. The Morgan fingerprint density at radius 3 is 2.18 bits per heavy atom. The Labute approximate surface area is 68.9 Å². The van der Waals surface area contributed by atoms with Gasteiger partial charge in [0.15, 0.2) is 0 Å². The van der Waals surface area contributed by atoms with Crippen molar-refractivity contribution < 1.29 is 9.47 Å². The SMILES string of the molecule is COCC1(OC)CCCCC1. The quantitative estimate of drug-likeness (QED) is 0.625. The first kappa shape index (κ1) is 9.01. The standard InChI is InChI=1S/C9H18O2/c1-10-8-9(11-2)6-4-3-5-7-9/h3-8H2,1-2H3. The van der Waals surface area contributed by atoms with Crippen LogP contribution >= 0.6 is 0 Å². The molecular weight excluding hydrogens is 140 g/mol. The smallest absolute Gasteiger partial charge is 0.0910 e. The third-order valence-electron chi connectivity index (χ3n) is 2.61. The summed E-state index contributed by atoms with van der Waals surface area (Å²) in [5, 5.41) is 0. The third kappa shape index (κ3) is 2.17. The lowest BCUT2D eigenvalue weighted by molar-refractivity contribution is -0.0858. The van der Waals surface area contributed by atoms with Crippen LogP contribution in [-0.4, -0.2) is 26.4 Å². The van der Waals surface area contributed by atoms with E-state index in [1.807, 2.05) is 0 Å². The lowest BCUT2D eigenvalue weighted by Gasteiger charge is -2.35. The first-order chi connectivity index (χ1) is 5.33. The molecule has 0 aromatic heterocycles. The van der Waals surface area contributed by atoms with Crippen LogP contribution in [0.5, 0.6) is 0 Å². The van der Waals surface area contributed by atoms with Crippen LogP contribution in [-0.2, 0) is 9.47 Å². The zero-order chi connectivity index (χ0) is 8.16. The number of hydrogen-bond donors (Lipinski definition) is 0. The monoisotopic (exact) mass is 158 g/mol. The van der Waals surface area contributed by atoms with Gasteiger partial charge >= 0.3 is 0 Å². The molecule has 0 heterocycles. The lowest BCUT2D eigenvalue weighted by atomic mass is 9.85. The van der Waals surface area contributed by atoms with Crippen molar-refractivity contribution in [3.05, 3.63) is 0 Å². The minimum absolute atomic E-state index is 0.0486. The van der Waals surface area contributed by atoms with E-state index in [9.17, 15) is 0 Å². The summed E-state index contributed by atoms with van der Waals surface area (Å²) in [6, 6.07) is 0. The molecule has 0 aromatic rings. The van der Waals surface area contributed by atoms with E-state index in [2.05, 4.69) is 0 Å². The molecule has 1 aliphatic rings. The van der Waals surface area contributed by atoms with E-state index in [0.29, 0.717) is 0 Å². The van der Waals surface area contributed by atoms with Gasteiger partial charge < -0.3 is 9.47 Å². The molecular formula is C9H18O2. The van der Waals surface area contributed by atoms with Gasteiger partial charge in [-0.25, -0.2) is 0 Å². The van der Waals surface area contributed by atoms with E-state index in [1.165, 1.54) is 19.3 Å². The molecule has 0 spiro atoms. The summed E-state index contributed by atoms with van der Waals surface area (Å²) < 4.78 is 10.6. The largest absolute Gasteiger partial charge is 0.382 e. The highest BCUT2D eigenvalue weighted by Crippen LogP contribution is 2.30. The second-order valence-electron chi connectivity index (χ2n) is 3.38. The van der Waals surface area contributed by atoms with E-state index in [0.717, 1.165) is 19.4 Å². The van der Waals surface area contributed by atoms with Gasteiger partial charge in [0.2, 0.25) is 0 Å². The van der Waals surface area contributed by atoms with Crippen molar-refractivity contribution in [1.29, 1.82) is 0 Å². The van der Waals surface area contributed by atoms with E-state index in [1.54, 1.807) is 14.2 Å². The van der Waals surface area contributed by atoms with Crippen LogP contribution in [0.2, 0.25) is 0 Å².